The van der Waals surface area contributed by atoms with E-state index in [1.807, 2.05) is 36.6 Å². The zero-order valence-electron chi connectivity index (χ0n) is 16.6. The molecule has 8 heteroatoms. The van der Waals surface area contributed by atoms with Crippen LogP contribution in [0.25, 0.3) is 0 Å². The van der Waals surface area contributed by atoms with Crippen LogP contribution in [0.2, 0.25) is 0 Å². The molecule has 7 nitrogen and oxygen atoms in total. The fraction of sp³-hybridized carbons (Fsp3) is 0.182. The van der Waals surface area contributed by atoms with Crippen LogP contribution in [0, 0.1) is 0 Å². The van der Waals surface area contributed by atoms with Gasteiger partial charge in [-0.15, -0.1) is 11.8 Å². The number of nitrogens with two attached hydrogens (primary N) is 1. The van der Waals surface area contributed by atoms with Gasteiger partial charge in [-0.25, -0.2) is 4.98 Å². The molecule has 0 saturated heterocycles. The van der Waals surface area contributed by atoms with Crippen molar-refractivity contribution in [2.75, 3.05) is 30.6 Å². The van der Waals surface area contributed by atoms with Gasteiger partial charge in [0, 0.05) is 22.8 Å². The topological polar surface area (TPSA) is 86.9 Å². The molecule has 1 aromatic heterocycles. The Bertz CT molecular complexity index is 1070. The summed E-state index contributed by atoms with van der Waals surface area (Å²) in [5.41, 5.74) is 7.61. The summed E-state index contributed by atoms with van der Waals surface area (Å²) >= 11 is 1.54. The van der Waals surface area contributed by atoms with Crippen LogP contribution in [-0.4, -0.2) is 30.9 Å². The standard InChI is InChI=1S/C22H21N3O4S/c1-27-15-5-3-14(4-6-15)12-25-20(26)13-28-21-18(9-10-24-22(21)25)29-16-7-8-17(23)19(11-16)30-2/h3-11H,12-13,23H2,1-2H3. The van der Waals surface area contributed by atoms with Crippen molar-refractivity contribution in [3.63, 3.8) is 0 Å². The average Bonchev–Trinajstić information content (AvgIpc) is 2.77. The lowest BCUT2D eigenvalue weighted by molar-refractivity contribution is -0.121. The van der Waals surface area contributed by atoms with E-state index in [0.29, 0.717) is 35.3 Å². The van der Waals surface area contributed by atoms with Crippen molar-refractivity contribution in [2.45, 2.75) is 11.4 Å². The number of methoxy groups -OCH3 is 1. The number of nitrogen functional groups attached to an aromatic ring is 1. The number of anilines is 2. The molecule has 0 saturated carbocycles. The Balaban J connectivity index is 1.63. The van der Waals surface area contributed by atoms with Crippen molar-refractivity contribution in [1.29, 1.82) is 0 Å². The molecular formula is C22H21N3O4S. The van der Waals surface area contributed by atoms with Crippen molar-refractivity contribution in [3.8, 4) is 23.0 Å². The van der Waals surface area contributed by atoms with Crippen molar-refractivity contribution < 1.29 is 19.0 Å². The van der Waals surface area contributed by atoms with Crippen molar-refractivity contribution >= 4 is 29.2 Å². The molecule has 0 unspecified atom stereocenters. The summed E-state index contributed by atoms with van der Waals surface area (Å²) in [6.45, 7) is 0.289. The first-order valence-corrected chi connectivity index (χ1v) is 10.5. The van der Waals surface area contributed by atoms with Crippen LogP contribution >= 0.6 is 11.8 Å². The molecule has 1 aliphatic rings. The highest BCUT2D eigenvalue weighted by molar-refractivity contribution is 7.98. The number of pyridine rings is 1. The molecule has 1 amide bonds. The number of thioether (sulfide) groups is 1. The van der Waals surface area contributed by atoms with Gasteiger partial charge in [0.2, 0.25) is 5.75 Å². The second kappa shape index (κ2) is 8.54. The van der Waals surface area contributed by atoms with Crippen LogP contribution in [-0.2, 0) is 11.3 Å². The predicted molar refractivity (Wildman–Crippen MR) is 117 cm³/mol. The number of ether oxygens (including phenoxy) is 3. The number of amides is 1. The summed E-state index contributed by atoms with van der Waals surface area (Å²) in [5, 5.41) is 0. The van der Waals surface area contributed by atoms with Gasteiger partial charge in [-0.1, -0.05) is 12.1 Å². The van der Waals surface area contributed by atoms with Crippen LogP contribution in [0.3, 0.4) is 0 Å². The normalized spacial score (nSPS) is 12.9. The lowest BCUT2D eigenvalue weighted by Crippen LogP contribution is -2.39. The van der Waals surface area contributed by atoms with Gasteiger partial charge in [-0.2, -0.15) is 0 Å². The largest absolute Gasteiger partial charge is 0.497 e. The molecule has 0 bridgehead atoms. The lowest BCUT2D eigenvalue weighted by Gasteiger charge is -2.29. The van der Waals surface area contributed by atoms with Crippen LogP contribution in [0.1, 0.15) is 5.56 Å². The molecular weight excluding hydrogens is 402 g/mol. The summed E-state index contributed by atoms with van der Waals surface area (Å²) in [6.07, 6.45) is 3.56. The summed E-state index contributed by atoms with van der Waals surface area (Å²) in [4.78, 5) is 19.5. The van der Waals surface area contributed by atoms with E-state index in [2.05, 4.69) is 4.98 Å². The maximum Gasteiger partial charge on any atom is 0.266 e. The third-order valence-corrected chi connectivity index (χ3v) is 5.47. The average molecular weight is 423 g/mol. The Hall–Kier alpha value is -3.39. The molecule has 2 aromatic carbocycles. The number of rotatable bonds is 6. The summed E-state index contributed by atoms with van der Waals surface area (Å²) in [6, 6.07) is 14.7. The third-order valence-electron chi connectivity index (χ3n) is 4.68. The van der Waals surface area contributed by atoms with E-state index in [0.717, 1.165) is 16.2 Å². The van der Waals surface area contributed by atoms with E-state index in [9.17, 15) is 4.79 Å². The van der Waals surface area contributed by atoms with Gasteiger partial charge in [-0.05, 0) is 42.2 Å². The number of nitrogens with zero attached hydrogens (tertiary/aromatic N) is 2. The second-order valence-electron chi connectivity index (χ2n) is 6.58. The third kappa shape index (κ3) is 3.99. The Labute approximate surface area is 178 Å². The van der Waals surface area contributed by atoms with Gasteiger partial charge < -0.3 is 19.9 Å². The van der Waals surface area contributed by atoms with Gasteiger partial charge in [0.1, 0.15) is 11.5 Å². The maximum absolute atomic E-state index is 12.6. The fourth-order valence-corrected chi connectivity index (χ4v) is 3.65. The van der Waals surface area contributed by atoms with Crippen LogP contribution in [0.4, 0.5) is 11.5 Å². The Kier molecular flexibility index (Phi) is 5.67. The van der Waals surface area contributed by atoms with Crippen molar-refractivity contribution in [3.05, 3.63) is 60.3 Å². The zero-order chi connectivity index (χ0) is 21.1. The molecule has 3 aromatic rings. The molecule has 2 N–H and O–H groups in total. The SMILES string of the molecule is COc1ccc(CN2C(=O)COc3c(Oc4ccc(N)c(SC)c4)ccnc32)cc1. The zero-order valence-corrected chi connectivity index (χ0v) is 17.4. The van der Waals surface area contributed by atoms with E-state index >= 15 is 0 Å². The van der Waals surface area contributed by atoms with Crippen LogP contribution < -0.4 is 24.8 Å². The predicted octanol–water partition coefficient (Wildman–Crippen LogP) is 4.11. The Morgan fingerprint density at radius 1 is 1.17 bits per heavy atom. The first kappa shape index (κ1) is 19.9. The molecule has 30 heavy (non-hydrogen) atoms. The quantitative estimate of drug-likeness (QED) is 0.471. The van der Waals surface area contributed by atoms with Gasteiger partial charge in [-0.3, -0.25) is 9.69 Å². The lowest BCUT2D eigenvalue weighted by atomic mass is 10.2. The van der Waals surface area contributed by atoms with Crippen LogP contribution in [0.15, 0.2) is 59.6 Å². The van der Waals surface area contributed by atoms with Gasteiger partial charge in [0.15, 0.2) is 18.2 Å². The highest BCUT2D eigenvalue weighted by Crippen LogP contribution is 2.41. The first-order valence-electron chi connectivity index (χ1n) is 9.25. The number of hydrogen-bond acceptors (Lipinski definition) is 7. The number of hydrogen-bond donors (Lipinski definition) is 1. The molecule has 0 atom stereocenters. The van der Waals surface area contributed by atoms with E-state index in [1.165, 1.54) is 0 Å². The van der Waals surface area contributed by atoms with Crippen molar-refractivity contribution in [1.82, 2.24) is 4.98 Å². The van der Waals surface area contributed by atoms with Gasteiger partial charge in [0.05, 0.1) is 13.7 Å². The minimum atomic E-state index is -0.167. The monoisotopic (exact) mass is 423 g/mol. The highest BCUT2D eigenvalue weighted by atomic mass is 32.2. The molecule has 0 spiro atoms. The van der Waals surface area contributed by atoms with E-state index in [4.69, 9.17) is 19.9 Å². The smallest absolute Gasteiger partial charge is 0.266 e. The number of fused-ring (bicyclic) bond motifs is 1. The van der Waals surface area contributed by atoms with Gasteiger partial charge >= 0.3 is 0 Å². The Morgan fingerprint density at radius 2 is 1.93 bits per heavy atom. The summed E-state index contributed by atoms with van der Waals surface area (Å²) < 4.78 is 16.9. The molecule has 0 radical (unpaired) electrons. The molecule has 4 rings (SSSR count). The molecule has 1 aliphatic heterocycles. The number of benzene rings is 2. The van der Waals surface area contributed by atoms with Crippen LogP contribution in [0.5, 0.6) is 23.0 Å². The molecule has 0 fully saturated rings. The second-order valence-corrected chi connectivity index (χ2v) is 7.43. The summed E-state index contributed by atoms with van der Waals surface area (Å²) in [7, 11) is 1.62. The molecule has 0 aliphatic carbocycles. The van der Waals surface area contributed by atoms with E-state index < -0.39 is 0 Å². The number of carbonyl (C=O) groups excluding carboxylic acids is 1. The number of carbonyl (C=O) groups is 1. The van der Waals surface area contributed by atoms with Gasteiger partial charge in [0.25, 0.3) is 5.91 Å². The first-order chi connectivity index (χ1) is 14.6. The Morgan fingerprint density at radius 3 is 2.67 bits per heavy atom. The van der Waals surface area contributed by atoms with Crippen molar-refractivity contribution in [2.24, 2.45) is 0 Å². The molecule has 154 valence electrons. The number of aromatic nitrogens is 1. The fourth-order valence-electron chi connectivity index (χ4n) is 3.12. The minimum absolute atomic E-state index is 0.0803. The maximum atomic E-state index is 12.6. The van der Waals surface area contributed by atoms with E-state index in [1.54, 1.807) is 48.2 Å². The summed E-state index contributed by atoms with van der Waals surface area (Å²) in [5.74, 6) is 2.58. The molecule has 2 heterocycles. The van der Waals surface area contributed by atoms with E-state index in [-0.39, 0.29) is 12.5 Å². The minimum Gasteiger partial charge on any atom is -0.497 e. The highest BCUT2D eigenvalue weighted by Gasteiger charge is 2.30.